The standard InChI is InChI=1S/C16H22N2O3/c1-12-4-3-9-18(11-12)15(19)10-17-16(20)13-5-7-14(21-2)8-6-13/h5-8,12H,3-4,9-11H2,1-2H3,(H,17,20)/t12-/m1/s1. The van der Waals surface area contributed by atoms with Crippen molar-refractivity contribution in [3.05, 3.63) is 29.8 Å². The van der Waals surface area contributed by atoms with Crippen molar-refractivity contribution in [1.29, 1.82) is 0 Å². The number of nitrogens with one attached hydrogen (secondary N) is 1. The average Bonchev–Trinajstić information content (AvgIpc) is 2.52. The summed E-state index contributed by atoms with van der Waals surface area (Å²) in [5.41, 5.74) is 0.524. The van der Waals surface area contributed by atoms with E-state index >= 15 is 0 Å². The highest BCUT2D eigenvalue weighted by molar-refractivity contribution is 5.96. The van der Waals surface area contributed by atoms with Crippen molar-refractivity contribution >= 4 is 11.8 Å². The maximum absolute atomic E-state index is 12.1. The lowest BCUT2D eigenvalue weighted by Gasteiger charge is -2.31. The fourth-order valence-electron chi connectivity index (χ4n) is 2.53. The molecule has 2 amide bonds. The van der Waals surface area contributed by atoms with Gasteiger partial charge < -0.3 is 15.0 Å². The Labute approximate surface area is 125 Å². The highest BCUT2D eigenvalue weighted by Gasteiger charge is 2.21. The molecule has 1 N–H and O–H groups in total. The topological polar surface area (TPSA) is 58.6 Å². The molecule has 2 rings (SSSR count). The predicted octanol–water partition coefficient (Wildman–Crippen LogP) is 1.68. The second-order valence-electron chi connectivity index (χ2n) is 5.50. The second-order valence-corrected chi connectivity index (χ2v) is 5.50. The number of piperidine rings is 1. The van der Waals surface area contributed by atoms with Crippen LogP contribution in [0.1, 0.15) is 30.1 Å². The van der Waals surface area contributed by atoms with E-state index in [1.165, 1.54) is 6.42 Å². The van der Waals surface area contributed by atoms with Crippen LogP contribution in [0.5, 0.6) is 5.75 Å². The van der Waals surface area contributed by atoms with E-state index in [-0.39, 0.29) is 18.4 Å². The van der Waals surface area contributed by atoms with Crippen LogP contribution in [-0.4, -0.2) is 43.5 Å². The van der Waals surface area contributed by atoms with Gasteiger partial charge in [-0.05, 0) is 43.0 Å². The number of ether oxygens (including phenoxy) is 1. The first kappa shape index (κ1) is 15.4. The van der Waals surface area contributed by atoms with E-state index in [4.69, 9.17) is 4.74 Å². The number of carbonyl (C=O) groups excluding carboxylic acids is 2. The summed E-state index contributed by atoms with van der Waals surface area (Å²) in [5, 5.41) is 2.68. The van der Waals surface area contributed by atoms with Gasteiger partial charge in [0, 0.05) is 18.7 Å². The minimum absolute atomic E-state index is 0.0107. The zero-order chi connectivity index (χ0) is 15.2. The Kier molecular flexibility index (Phi) is 5.20. The van der Waals surface area contributed by atoms with Crippen LogP contribution in [0.15, 0.2) is 24.3 Å². The summed E-state index contributed by atoms with van der Waals surface area (Å²) in [7, 11) is 1.58. The number of benzene rings is 1. The number of hydrogen-bond donors (Lipinski definition) is 1. The van der Waals surface area contributed by atoms with Gasteiger partial charge in [0.15, 0.2) is 0 Å². The van der Waals surface area contributed by atoms with Crippen molar-refractivity contribution in [3.8, 4) is 5.75 Å². The van der Waals surface area contributed by atoms with Gasteiger partial charge in [0.1, 0.15) is 5.75 Å². The van der Waals surface area contributed by atoms with Crippen LogP contribution in [0, 0.1) is 5.92 Å². The molecule has 0 unspecified atom stereocenters. The Bertz CT molecular complexity index is 499. The van der Waals surface area contributed by atoms with Crippen molar-refractivity contribution in [3.63, 3.8) is 0 Å². The third kappa shape index (κ3) is 4.21. The molecule has 5 heteroatoms. The maximum Gasteiger partial charge on any atom is 0.251 e. The van der Waals surface area contributed by atoms with Gasteiger partial charge in [0.05, 0.1) is 13.7 Å². The number of carbonyl (C=O) groups is 2. The zero-order valence-corrected chi connectivity index (χ0v) is 12.6. The van der Waals surface area contributed by atoms with E-state index in [1.54, 1.807) is 31.4 Å². The lowest BCUT2D eigenvalue weighted by atomic mass is 10.0. The summed E-state index contributed by atoms with van der Waals surface area (Å²) in [4.78, 5) is 25.9. The van der Waals surface area contributed by atoms with Gasteiger partial charge in [0.25, 0.3) is 5.91 Å². The van der Waals surface area contributed by atoms with Crippen LogP contribution < -0.4 is 10.1 Å². The molecule has 1 aromatic rings. The summed E-state index contributed by atoms with van der Waals surface area (Å²) >= 11 is 0. The largest absolute Gasteiger partial charge is 0.497 e. The molecule has 5 nitrogen and oxygen atoms in total. The molecule has 1 aliphatic rings. The first-order chi connectivity index (χ1) is 10.1. The lowest BCUT2D eigenvalue weighted by molar-refractivity contribution is -0.131. The Morgan fingerprint density at radius 2 is 2.05 bits per heavy atom. The minimum Gasteiger partial charge on any atom is -0.497 e. The fourth-order valence-corrected chi connectivity index (χ4v) is 2.53. The first-order valence-electron chi connectivity index (χ1n) is 7.30. The quantitative estimate of drug-likeness (QED) is 0.918. The minimum atomic E-state index is -0.240. The molecule has 1 atom stereocenters. The van der Waals surface area contributed by atoms with E-state index in [0.717, 1.165) is 19.5 Å². The molecule has 0 bridgehead atoms. The third-order valence-corrected chi connectivity index (χ3v) is 3.76. The molecule has 1 fully saturated rings. The molecule has 0 saturated carbocycles. The molecule has 0 aromatic heterocycles. The Morgan fingerprint density at radius 1 is 1.33 bits per heavy atom. The number of likely N-dealkylation sites (tertiary alicyclic amines) is 1. The summed E-state index contributed by atoms with van der Waals surface area (Å²) in [6, 6.07) is 6.81. The molecule has 21 heavy (non-hydrogen) atoms. The van der Waals surface area contributed by atoms with Crippen LogP contribution in [0.3, 0.4) is 0 Å². The summed E-state index contributed by atoms with van der Waals surface area (Å²) in [6.07, 6.45) is 2.21. The first-order valence-corrected chi connectivity index (χ1v) is 7.30. The molecular weight excluding hydrogens is 268 g/mol. The fraction of sp³-hybridized carbons (Fsp3) is 0.500. The molecule has 0 radical (unpaired) electrons. The Hall–Kier alpha value is -2.04. The van der Waals surface area contributed by atoms with Crippen LogP contribution in [0.4, 0.5) is 0 Å². The molecule has 1 heterocycles. The van der Waals surface area contributed by atoms with Crippen molar-refractivity contribution in [1.82, 2.24) is 10.2 Å². The van der Waals surface area contributed by atoms with Gasteiger partial charge in [-0.15, -0.1) is 0 Å². The lowest BCUT2D eigenvalue weighted by Crippen LogP contribution is -2.44. The SMILES string of the molecule is COc1ccc(C(=O)NCC(=O)N2CCC[C@@H](C)C2)cc1. The van der Waals surface area contributed by atoms with E-state index in [0.29, 0.717) is 17.2 Å². The van der Waals surface area contributed by atoms with Crippen LogP contribution in [-0.2, 0) is 4.79 Å². The van der Waals surface area contributed by atoms with Crippen molar-refractivity contribution in [2.24, 2.45) is 5.92 Å². The van der Waals surface area contributed by atoms with E-state index in [9.17, 15) is 9.59 Å². The van der Waals surface area contributed by atoms with Crippen LogP contribution in [0.25, 0.3) is 0 Å². The van der Waals surface area contributed by atoms with Gasteiger partial charge >= 0.3 is 0 Å². The van der Waals surface area contributed by atoms with Gasteiger partial charge in [-0.25, -0.2) is 0 Å². The van der Waals surface area contributed by atoms with Gasteiger partial charge in [0.2, 0.25) is 5.91 Å². The smallest absolute Gasteiger partial charge is 0.251 e. The van der Waals surface area contributed by atoms with Crippen molar-refractivity contribution in [2.45, 2.75) is 19.8 Å². The van der Waals surface area contributed by atoms with E-state index in [1.807, 2.05) is 4.90 Å². The second kappa shape index (κ2) is 7.11. The highest BCUT2D eigenvalue weighted by Crippen LogP contribution is 2.15. The monoisotopic (exact) mass is 290 g/mol. The maximum atomic E-state index is 12.1. The van der Waals surface area contributed by atoms with Gasteiger partial charge in [-0.1, -0.05) is 6.92 Å². The van der Waals surface area contributed by atoms with E-state index < -0.39 is 0 Å². The molecule has 1 saturated heterocycles. The molecule has 0 aliphatic carbocycles. The number of methoxy groups -OCH3 is 1. The summed E-state index contributed by atoms with van der Waals surface area (Å²) in [5.74, 6) is 0.990. The van der Waals surface area contributed by atoms with Crippen LogP contribution in [0.2, 0.25) is 0 Å². The molecule has 114 valence electrons. The number of nitrogens with zero attached hydrogens (tertiary/aromatic N) is 1. The summed E-state index contributed by atoms with van der Waals surface area (Å²) < 4.78 is 5.04. The van der Waals surface area contributed by atoms with Crippen molar-refractivity contribution < 1.29 is 14.3 Å². The van der Waals surface area contributed by atoms with Gasteiger partial charge in [-0.3, -0.25) is 9.59 Å². The normalized spacial score (nSPS) is 18.2. The molecule has 1 aromatic carbocycles. The van der Waals surface area contributed by atoms with Crippen LogP contribution >= 0.6 is 0 Å². The third-order valence-electron chi connectivity index (χ3n) is 3.76. The summed E-state index contributed by atoms with van der Waals surface area (Å²) in [6.45, 7) is 3.78. The molecule has 0 spiro atoms. The number of amides is 2. The molecular formula is C16H22N2O3. The Morgan fingerprint density at radius 3 is 2.67 bits per heavy atom. The van der Waals surface area contributed by atoms with Gasteiger partial charge in [-0.2, -0.15) is 0 Å². The Balaban J connectivity index is 1.83. The van der Waals surface area contributed by atoms with E-state index in [2.05, 4.69) is 12.2 Å². The zero-order valence-electron chi connectivity index (χ0n) is 12.6. The van der Waals surface area contributed by atoms with Crippen molar-refractivity contribution in [2.75, 3.05) is 26.7 Å². The highest BCUT2D eigenvalue weighted by atomic mass is 16.5. The molecule has 1 aliphatic heterocycles. The average molecular weight is 290 g/mol. The predicted molar refractivity (Wildman–Crippen MR) is 80.3 cm³/mol. The number of rotatable bonds is 4. The number of hydrogen-bond acceptors (Lipinski definition) is 3.